The van der Waals surface area contributed by atoms with Gasteiger partial charge in [-0.3, -0.25) is 9.59 Å². The van der Waals surface area contributed by atoms with Crippen LogP contribution >= 0.6 is 0 Å². The Morgan fingerprint density at radius 2 is 1.90 bits per heavy atom. The lowest BCUT2D eigenvalue weighted by Gasteiger charge is -2.22. The molecule has 0 aliphatic carbocycles. The highest BCUT2D eigenvalue weighted by Gasteiger charge is 2.44. The summed E-state index contributed by atoms with van der Waals surface area (Å²) in [5, 5.41) is 13.3. The molecule has 0 saturated carbocycles. The summed E-state index contributed by atoms with van der Waals surface area (Å²) in [6.45, 7) is 5.27. The van der Waals surface area contributed by atoms with Crippen LogP contribution in [0.25, 0.3) is 0 Å². The Morgan fingerprint density at radius 1 is 1.21 bits per heavy atom. The Balaban J connectivity index is 1.69. The molecule has 1 aliphatic rings. The summed E-state index contributed by atoms with van der Waals surface area (Å²) in [6.07, 6.45) is 1.26. The Bertz CT molecular complexity index is 979. The number of β-amino-alcohol motifs (C(OH)–C–C–N with tert-alkyl or cyclic N) is 1. The van der Waals surface area contributed by atoms with Crippen LogP contribution < -0.4 is 10.1 Å². The lowest BCUT2D eigenvalue weighted by molar-refractivity contribution is -0.134. The molecule has 0 radical (unpaired) electrons. The van der Waals surface area contributed by atoms with E-state index in [0.717, 1.165) is 18.2 Å². The lowest BCUT2D eigenvalue weighted by atomic mass is 10.0. The summed E-state index contributed by atoms with van der Waals surface area (Å²) in [5.74, 6) is -2.44. The summed E-state index contributed by atoms with van der Waals surface area (Å²) >= 11 is 0. The van der Waals surface area contributed by atoms with E-state index < -0.39 is 23.1 Å². The van der Waals surface area contributed by atoms with Crippen LogP contribution in [0.1, 0.15) is 12.0 Å². The van der Waals surface area contributed by atoms with Gasteiger partial charge in [-0.25, -0.2) is 8.78 Å². The van der Waals surface area contributed by atoms with Gasteiger partial charge in [0.05, 0.1) is 6.54 Å². The van der Waals surface area contributed by atoms with E-state index >= 15 is 0 Å². The standard InChI is InChI=1S/C21H20F2N2O4/c1-3-19(26)25-9-8-21(28,12-25)20(27)24-18-7-5-14(10-13(18)2)29-15-4-6-16(22)17(23)11-15/h3-7,10-11,28H,1,8-9,12H2,2H3,(H,24,27). The van der Waals surface area contributed by atoms with E-state index in [1.165, 1.54) is 11.0 Å². The second-order valence-corrected chi connectivity index (χ2v) is 6.85. The number of halogens is 2. The number of likely N-dealkylation sites (tertiary alicyclic amines) is 1. The molecule has 1 fully saturated rings. The fourth-order valence-electron chi connectivity index (χ4n) is 3.05. The van der Waals surface area contributed by atoms with Crippen LogP contribution in [-0.4, -0.2) is 40.5 Å². The van der Waals surface area contributed by atoms with Gasteiger partial charge in [0.2, 0.25) is 5.91 Å². The maximum absolute atomic E-state index is 13.3. The molecular weight excluding hydrogens is 382 g/mol. The molecule has 8 heteroatoms. The maximum Gasteiger partial charge on any atom is 0.258 e. The summed E-state index contributed by atoms with van der Waals surface area (Å²) < 4.78 is 31.8. The Kier molecular flexibility index (Phi) is 5.65. The van der Waals surface area contributed by atoms with Crippen molar-refractivity contribution in [2.75, 3.05) is 18.4 Å². The molecule has 2 aromatic rings. The first-order valence-electron chi connectivity index (χ1n) is 8.90. The summed E-state index contributed by atoms with van der Waals surface area (Å²) in [4.78, 5) is 25.6. The van der Waals surface area contributed by atoms with Crippen LogP contribution in [-0.2, 0) is 9.59 Å². The van der Waals surface area contributed by atoms with Gasteiger partial charge in [0.1, 0.15) is 11.5 Å². The second kappa shape index (κ2) is 8.00. The monoisotopic (exact) mass is 402 g/mol. The van der Waals surface area contributed by atoms with Crippen molar-refractivity contribution in [2.45, 2.75) is 18.9 Å². The topological polar surface area (TPSA) is 78.9 Å². The first-order valence-corrected chi connectivity index (χ1v) is 8.90. The Hall–Kier alpha value is -3.26. The van der Waals surface area contributed by atoms with Crippen LogP contribution in [0.3, 0.4) is 0 Å². The predicted octanol–water partition coefficient (Wildman–Crippen LogP) is 3.15. The zero-order chi connectivity index (χ0) is 21.2. The average Bonchev–Trinajstić information content (AvgIpc) is 3.10. The molecule has 6 nitrogen and oxygen atoms in total. The Morgan fingerprint density at radius 3 is 2.55 bits per heavy atom. The van der Waals surface area contributed by atoms with Crippen molar-refractivity contribution in [1.29, 1.82) is 0 Å². The molecule has 3 rings (SSSR count). The number of carbonyl (C=O) groups is 2. The third-order valence-corrected chi connectivity index (χ3v) is 4.73. The number of nitrogens with zero attached hydrogens (tertiary/aromatic N) is 1. The minimum absolute atomic E-state index is 0.111. The van der Waals surface area contributed by atoms with Crippen LogP contribution in [0.4, 0.5) is 14.5 Å². The fraction of sp³-hybridized carbons (Fsp3) is 0.238. The van der Waals surface area contributed by atoms with Crippen molar-refractivity contribution in [3.8, 4) is 11.5 Å². The number of rotatable bonds is 5. The molecule has 29 heavy (non-hydrogen) atoms. The van der Waals surface area contributed by atoms with Crippen molar-refractivity contribution >= 4 is 17.5 Å². The quantitative estimate of drug-likeness (QED) is 0.753. The molecule has 1 atom stereocenters. The number of carbonyl (C=O) groups excluding carboxylic acids is 2. The smallest absolute Gasteiger partial charge is 0.258 e. The minimum Gasteiger partial charge on any atom is -0.457 e. The molecule has 1 aliphatic heterocycles. The van der Waals surface area contributed by atoms with Gasteiger partial charge in [-0.05, 0) is 48.9 Å². The van der Waals surface area contributed by atoms with Crippen LogP contribution in [0, 0.1) is 18.6 Å². The van der Waals surface area contributed by atoms with Crippen molar-refractivity contribution in [3.63, 3.8) is 0 Å². The molecule has 1 saturated heterocycles. The number of ether oxygens (including phenoxy) is 1. The first-order chi connectivity index (χ1) is 13.7. The number of aliphatic hydroxyl groups is 1. The minimum atomic E-state index is -1.69. The number of hydrogen-bond acceptors (Lipinski definition) is 4. The van der Waals surface area contributed by atoms with E-state index in [4.69, 9.17) is 4.74 Å². The highest BCUT2D eigenvalue weighted by molar-refractivity contribution is 5.99. The van der Waals surface area contributed by atoms with Crippen LogP contribution in [0.2, 0.25) is 0 Å². The van der Waals surface area contributed by atoms with E-state index in [9.17, 15) is 23.5 Å². The normalized spacial score (nSPS) is 18.4. The van der Waals surface area contributed by atoms with Gasteiger partial charge < -0.3 is 20.1 Å². The largest absolute Gasteiger partial charge is 0.457 e. The zero-order valence-electron chi connectivity index (χ0n) is 15.7. The van der Waals surface area contributed by atoms with Gasteiger partial charge in [0.25, 0.3) is 5.91 Å². The predicted molar refractivity (Wildman–Crippen MR) is 103 cm³/mol. The van der Waals surface area contributed by atoms with Gasteiger partial charge in [-0.2, -0.15) is 0 Å². The van der Waals surface area contributed by atoms with Gasteiger partial charge in [0.15, 0.2) is 17.2 Å². The second-order valence-electron chi connectivity index (χ2n) is 6.85. The molecule has 2 amide bonds. The van der Waals surface area contributed by atoms with Gasteiger partial charge in [-0.15, -0.1) is 0 Å². The number of anilines is 1. The number of amides is 2. The van der Waals surface area contributed by atoms with E-state index in [1.54, 1.807) is 25.1 Å². The van der Waals surface area contributed by atoms with E-state index in [2.05, 4.69) is 11.9 Å². The van der Waals surface area contributed by atoms with Crippen LogP contribution in [0.5, 0.6) is 11.5 Å². The average molecular weight is 402 g/mol. The molecular formula is C21H20F2N2O4. The molecule has 152 valence electrons. The van der Waals surface area contributed by atoms with Crippen molar-refractivity contribution in [1.82, 2.24) is 4.90 Å². The lowest BCUT2D eigenvalue weighted by Crippen LogP contribution is -2.46. The maximum atomic E-state index is 13.3. The molecule has 0 aromatic heterocycles. The van der Waals surface area contributed by atoms with Crippen LogP contribution in [0.15, 0.2) is 49.1 Å². The van der Waals surface area contributed by atoms with E-state index in [-0.39, 0.29) is 31.2 Å². The number of benzene rings is 2. The number of nitrogens with one attached hydrogen (secondary N) is 1. The molecule has 0 bridgehead atoms. The summed E-state index contributed by atoms with van der Waals surface area (Å²) in [6, 6.07) is 7.95. The molecule has 2 aromatic carbocycles. The van der Waals surface area contributed by atoms with Crippen molar-refractivity contribution in [2.24, 2.45) is 0 Å². The van der Waals surface area contributed by atoms with Crippen molar-refractivity contribution in [3.05, 3.63) is 66.3 Å². The third-order valence-electron chi connectivity index (χ3n) is 4.73. The van der Waals surface area contributed by atoms with Gasteiger partial charge >= 0.3 is 0 Å². The van der Waals surface area contributed by atoms with Gasteiger partial charge in [0, 0.05) is 24.7 Å². The highest BCUT2D eigenvalue weighted by Crippen LogP contribution is 2.29. The zero-order valence-corrected chi connectivity index (χ0v) is 15.7. The summed E-state index contributed by atoms with van der Waals surface area (Å²) in [5.41, 5.74) is -0.597. The number of hydrogen-bond donors (Lipinski definition) is 2. The summed E-state index contributed by atoms with van der Waals surface area (Å²) in [7, 11) is 0. The molecule has 0 spiro atoms. The first kappa shape index (κ1) is 20.5. The molecule has 1 heterocycles. The van der Waals surface area contributed by atoms with E-state index in [0.29, 0.717) is 17.0 Å². The van der Waals surface area contributed by atoms with Gasteiger partial charge in [-0.1, -0.05) is 6.58 Å². The van der Waals surface area contributed by atoms with Crippen molar-refractivity contribution < 1.29 is 28.2 Å². The van der Waals surface area contributed by atoms with E-state index in [1.807, 2.05) is 0 Å². The fourth-order valence-corrected chi connectivity index (χ4v) is 3.05. The highest BCUT2D eigenvalue weighted by atomic mass is 19.2. The Labute approximate surface area is 166 Å². The molecule has 1 unspecified atom stereocenters. The third kappa shape index (κ3) is 4.43. The molecule has 2 N–H and O–H groups in total. The SMILES string of the molecule is C=CC(=O)N1CCC(O)(C(=O)Nc2ccc(Oc3ccc(F)c(F)c3)cc2C)C1. The number of aryl methyl sites for hydroxylation is 1.